The predicted octanol–water partition coefficient (Wildman–Crippen LogP) is 1.73. The van der Waals surface area contributed by atoms with Crippen molar-refractivity contribution in [2.24, 2.45) is 22.7 Å². The molecule has 710 valence electrons. The van der Waals surface area contributed by atoms with Crippen LogP contribution in [0, 0.1) is 11.8 Å². The lowest BCUT2D eigenvalue weighted by Crippen LogP contribution is -2.65. The van der Waals surface area contributed by atoms with E-state index in [2.05, 4.69) is 52.6 Å². The van der Waals surface area contributed by atoms with Crippen LogP contribution in [0.3, 0.4) is 0 Å². The van der Waals surface area contributed by atoms with Crippen molar-refractivity contribution in [3.05, 3.63) is 141 Å². The molecule has 8 aliphatic rings. The number of benzene rings is 6. The van der Waals surface area contributed by atoms with Crippen LogP contribution in [-0.4, -0.2) is 244 Å². The highest BCUT2D eigenvalue weighted by molar-refractivity contribution is 7.87. The van der Waals surface area contributed by atoms with Crippen molar-refractivity contribution < 1.29 is 149 Å². The largest absolute Gasteiger partial charge is 0.573 e. The van der Waals surface area contributed by atoms with E-state index in [4.69, 9.17) is 67.3 Å². The van der Waals surface area contributed by atoms with Crippen LogP contribution in [0.1, 0.15) is 124 Å². The number of rotatable bonds is 24. The van der Waals surface area contributed by atoms with Gasteiger partial charge in [0.1, 0.15) is 101 Å². The van der Waals surface area contributed by atoms with E-state index < -0.39 is 295 Å². The fraction of sp³-hybridized carbons (Fsp3) is 0.458. The lowest BCUT2D eigenvalue weighted by atomic mass is 9.84. The number of anilines is 1. The smallest absolute Gasteiger partial charge is 0.508 e. The van der Waals surface area contributed by atoms with Gasteiger partial charge in [-0.25, -0.2) is 20.1 Å². The number of likely N-dealkylation sites (N-methyl/N-ethyl adjacent to an activating group) is 1. The van der Waals surface area contributed by atoms with E-state index in [1.54, 1.807) is 25.7 Å². The Morgan fingerprint density at radius 2 is 1.35 bits per heavy atom. The molecule has 6 aromatic rings. The molecule has 0 radical (unpaired) electrons. The number of likely N-dealkylation sites (tertiary alicyclic amines) is 1. The highest BCUT2D eigenvalue weighted by Gasteiger charge is 2.53. The zero-order valence-electron chi connectivity index (χ0n) is 70.5. The number of nitrogens with one attached hydrogen (secondary N) is 11. The van der Waals surface area contributed by atoms with Crippen molar-refractivity contribution in [1.82, 2.24) is 57.6 Å². The Kier molecular flexibility index (Phi) is 31.4. The number of ether oxygens (including phenoxy) is 7. The molecule has 14 rings (SSSR count). The number of aromatic hydroxyl groups is 3. The molecule has 3 saturated heterocycles. The molecule has 0 aromatic heterocycles. The van der Waals surface area contributed by atoms with Crippen LogP contribution in [0.25, 0.3) is 11.1 Å². The number of carbonyl (C=O) groups excluding carboxylic acids is 9. The van der Waals surface area contributed by atoms with Crippen LogP contribution in [0.5, 0.6) is 51.7 Å². The Morgan fingerprint density at radius 3 is 1.96 bits per heavy atom. The summed E-state index contributed by atoms with van der Waals surface area (Å²) in [4.78, 5) is 140. The number of nitrogens with two attached hydrogens (primary N) is 2. The fourth-order valence-electron chi connectivity index (χ4n) is 16.0. The molecule has 18 unspecified atom stereocenters. The second-order valence-electron chi connectivity index (χ2n) is 32.7. The molecule has 0 saturated carbocycles. The summed E-state index contributed by atoms with van der Waals surface area (Å²) < 4.78 is 107. The van der Waals surface area contributed by atoms with Crippen LogP contribution in [0.15, 0.2) is 103 Å². The molecule has 8 heterocycles. The maximum Gasteiger partial charge on any atom is 0.573 e. The molecule has 3 fully saturated rings. The molecule has 42 nitrogen and oxygen atoms in total. The molecule has 0 spiro atoms. The molecule has 10 amide bonds. The van der Waals surface area contributed by atoms with Crippen LogP contribution in [-0.2, 0) is 67.6 Å². The SMILES string of the molecule is CNC(CC(C)C)C(=O)NC1C(=O)NC(CC(N)=O)C(=O)NC2C(=O)NC3C(=O)NC(C(=O)NC(C(=O)NOCCNS(N)(=O)=O)c4cc(O)cc(O)c4-c4cc3ccc4O)C(O)c3ccc(c(Cl)c3)Oc3cc2cc(c3OC2OC(CO)C(O)C(O)C2OC2CC(C)(NCCC3CCN(C(=O)Nc4ccc(OC(F)(F)F)cc4)CC3)C(O)C(C)O2)Oc2ccc(cc2Cl)C1O. The van der Waals surface area contributed by atoms with Crippen molar-refractivity contribution >= 4 is 92.4 Å². The number of primary amides is 1. The van der Waals surface area contributed by atoms with E-state index in [0.29, 0.717) is 32.4 Å². The Labute approximate surface area is 755 Å². The molecule has 8 aliphatic heterocycles. The number of urea groups is 1. The van der Waals surface area contributed by atoms with Crippen molar-refractivity contribution in [3.63, 3.8) is 0 Å². The Morgan fingerprint density at radius 1 is 0.725 bits per heavy atom. The topological polar surface area (TPSA) is 631 Å². The average molecular weight is 1900 g/mol. The minimum atomic E-state index is -4.92. The number of hydrogen-bond donors (Lipinski definition) is 22. The van der Waals surface area contributed by atoms with Crippen molar-refractivity contribution in [2.45, 2.75) is 182 Å². The van der Waals surface area contributed by atoms with Gasteiger partial charge in [-0.05, 0) is 172 Å². The number of nitrogens with zero attached hydrogens (tertiary/aromatic N) is 1. The van der Waals surface area contributed by atoms with Gasteiger partial charge < -0.3 is 138 Å². The lowest BCUT2D eigenvalue weighted by molar-refractivity contribution is -0.334. The summed E-state index contributed by atoms with van der Waals surface area (Å²) in [7, 11) is -2.85. The number of halogens is 5. The number of piperidine rings is 1. The number of aliphatic hydroxyl groups is 6. The first-order chi connectivity index (χ1) is 61.9. The van der Waals surface area contributed by atoms with Crippen LogP contribution >= 0.6 is 23.2 Å². The van der Waals surface area contributed by atoms with E-state index in [-0.39, 0.29) is 48.0 Å². The molecule has 131 heavy (non-hydrogen) atoms. The first-order valence-electron chi connectivity index (χ1n) is 41.2. The van der Waals surface area contributed by atoms with Crippen LogP contribution in [0.4, 0.5) is 23.7 Å². The first kappa shape index (κ1) is 98.7. The van der Waals surface area contributed by atoms with Gasteiger partial charge in [0, 0.05) is 54.5 Å². The molecule has 18 atom stereocenters. The number of phenols is 3. The third-order valence-corrected chi connectivity index (χ3v) is 23.9. The van der Waals surface area contributed by atoms with Crippen molar-refractivity contribution in [2.75, 3.05) is 51.8 Å². The van der Waals surface area contributed by atoms with Crippen LogP contribution < -0.4 is 87.9 Å². The highest BCUT2D eigenvalue weighted by atomic mass is 35.5. The number of fused-ring (bicyclic) bond motifs is 15. The average Bonchev–Trinajstić information content (AvgIpc) is 0.762. The summed E-state index contributed by atoms with van der Waals surface area (Å²) in [5, 5.41) is 135. The number of carbonyl (C=O) groups is 9. The predicted molar refractivity (Wildman–Crippen MR) is 452 cm³/mol. The zero-order valence-corrected chi connectivity index (χ0v) is 72.8. The number of hydroxylamine groups is 1. The van der Waals surface area contributed by atoms with Gasteiger partial charge in [0.15, 0.2) is 23.9 Å². The Bertz CT molecular complexity index is 5380. The minimum absolute atomic E-state index is 0.0349. The minimum Gasteiger partial charge on any atom is -0.508 e. The summed E-state index contributed by atoms with van der Waals surface area (Å²) in [5.41, 5.74) is 3.61. The number of hydrogen-bond acceptors (Lipinski definition) is 30. The van der Waals surface area contributed by atoms with E-state index in [0.717, 1.165) is 84.9 Å². The number of alkyl halides is 3. The van der Waals surface area contributed by atoms with Gasteiger partial charge in [-0.15, -0.1) is 13.2 Å². The normalized spacial score (nSPS) is 26.4. The Hall–Kier alpha value is -11.3. The molecule has 24 N–H and O–H groups in total. The summed E-state index contributed by atoms with van der Waals surface area (Å²) >= 11 is 14.4. The van der Waals surface area contributed by atoms with E-state index in [9.17, 15) is 86.7 Å². The Balaban J connectivity index is 0.970. The molecule has 48 heteroatoms. The van der Waals surface area contributed by atoms with Gasteiger partial charge in [0.2, 0.25) is 53.4 Å². The summed E-state index contributed by atoms with van der Waals surface area (Å²) in [5.74, 6) is -16.7. The van der Waals surface area contributed by atoms with Crippen LogP contribution in [0.2, 0.25) is 10.0 Å². The van der Waals surface area contributed by atoms with Gasteiger partial charge in [-0.2, -0.15) is 8.42 Å². The maximum atomic E-state index is 16.4. The van der Waals surface area contributed by atoms with E-state index >= 15 is 24.0 Å². The fourth-order valence-corrected chi connectivity index (χ4v) is 16.8. The van der Waals surface area contributed by atoms with Gasteiger partial charge in [0.25, 0.3) is 16.1 Å². The second-order valence-corrected chi connectivity index (χ2v) is 34.9. The first-order valence-corrected chi connectivity index (χ1v) is 43.5. The van der Waals surface area contributed by atoms with Gasteiger partial charge >= 0.3 is 12.4 Å². The summed E-state index contributed by atoms with van der Waals surface area (Å²) in [6.07, 6.45) is -22.8. The molecule has 11 bridgehead atoms. The van der Waals surface area contributed by atoms with Crippen molar-refractivity contribution in [3.8, 4) is 62.9 Å². The molecule has 6 aromatic carbocycles. The third-order valence-electron chi connectivity index (χ3n) is 22.8. The number of phenolic OH excluding ortho intramolecular Hbond substituents is 3. The van der Waals surface area contributed by atoms with Crippen molar-refractivity contribution in [1.29, 1.82) is 0 Å². The molecular formula is C83H99Cl2F3N14O28S. The quantitative estimate of drug-likeness (QED) is 0.0303. The molecular weight excluding hydrogens is 1800 g/mol. The maximum absolute atomic E-state index is 16.4. The van der Waals surface area contributed by atoms with E-state index in [1.165, 1.54) is 32.2 Å². The second kappa shape index (κ2) is 41.7. The summed E-state index contributed by atoms with van der Waals surface area (Å²) in [6, 6.07) is 2.80. The number of amides is 10. The monoisotopic (exact) mass is 1900 g/mol. The number of aliphatic hydroxyl groups excluding tert-OH is 6. The third kappa shape index (κ3) is 24.0. The van der Waals surface area contributed by atoms with E-state index in [1.807, 2.05) is 10.2 Å². The van der Waals surface area contributed by atoms with Gasteiger partial charge in [-0.1, -0.05) is 55.2 Å². The zero-order chi connectivity index (χ0) is 95.2. The standard InChI is InChI=1S/C83H99Cl2F3N14O28S/c1-35(2)24-49(91-5)73(113)99-64-66(108)39-7-14-53(47(84)26-39)125-55-28-41-29-56(70(55)129-80-71(69(111)68(110)57(34-103)127-80)128-59-33-82(4,72(112)36(3)124-59)92-19-16-37-17-21-102(22-18-37)81(120)94-42-9-11-44(12-10-42)130-83(86,87)88)126-54-15-8-40(27-48(54)85)67(109)65-78(118)98-63(79(119)101-123-23-20-93-131(90,121)122)46-30-43(104)31-52(106)60(46)45-25-38(6-13-51(45)105)61(75(115)100-65)97-76(116)62(41)96-74(114)50(32-58(89)107)95-77(64)117/h6-15,25-31,35-37,49-50,57,59,61-69,71-72,80,91-93,103-106,108-112H,16-24,32-34H2,1-5H3,(H2,89,107)(H,94,120)(H,95,117)(H,96,114)(H,97,116)(H,98,118)(H,99,113)(H,100,115)(H,101,119)(H2,90,121,122). The van der Waals surface area contributed by atoms with Gasteiger partial charge in [0.05, 0.1) is 47.9 Å². The highest BCUT2D eigenvalue weighted by Crippen LogP contribution is 2.50. The lowest BCUT2D eigenvalue weighted by Gasteiger charge is -2.48. The molecule has 0 aliphatic carbocycles. The van der Waals surface area contributed by atoms with Gasteiger partial charge in [-0.3, -0.25) is 43.2 Å². The summed E-state index contributed by atoms with van der Waals surface area (Å²) in [6.45, 7) is 5.45.